The molecule has 1 aromatic rings. The molecule has 2 heteroatoms. The van der Waals surface area contributed by atoms with Gasteiger partial charge in [-0.1, -0.05) is 12.1 Å². The summed E-state index contributed by atoms with van der Waals surface area (Å²) >= 11 is 0. The van der Waals surface area contributed by atoms with E-state index in [0.717, 1.165) is 17.6 Å². The molecule has 0 radical (unpaired) electrons. The average Bonchev–Trinajstić information content (AvgIpc) is 2.61. The lowest BCUT2D eigenvalue weighted by atomic mass is 9.85. The Bertz CT molecular complexity index is 446. The number of nitrogens with zero attached hydrogens (tertiary/aromatic N) is 2. The zero-order valence-electron chi connectivity index (χ0n) is 10.3. The van der Waals surface area contributed by atoms with Gasteiger partial charge in [-0.3, -0.25) is 0 Å². The second-order valence-corrected chi connectivity index (χ2v) is 5.46. The summed E-state index contributed by atoms with van der Waals surface area (Å²) in [6.45, 7) is 0. The molecule has 2 unspecified atom stereocenters. The zero-order chi connectivity index (χ0) is 11.8. The van der Waals surface area contributed by atoms with Crippen molar-refractivity contribution in [2.75, 3.05) is 7.05 Å². The molecule has 0 aliphatic carbocycles. The molecule has 17 heavy (non-hydrogen) atoms. The summed E-state index contributed by atoms with van der Waals surface area (Å²) in [4.78, 5) is 2.56. The van der Waals surface area contributed by atoms with Gasteiger partial charge in [0.05, 0.1) is 11.6 Å². The van der Waals surface area contributed by atoms with Crippen molar-refractivity contribution in [2.45, 2.75) is 43.7 Å². The van der Waals surface area contributed by atoms with Crippen LogP contribution in [0.25, 0.3) is 0 Å². The van der Waals surface area contributed by atoms with Gasteiger partial charge in [-0.15, -0.1) is 0 Å². The molecule has 2 bridgehead atoms. The minimum atomic E-state index is 0.664. The van der Waals surface area contributed by atoms with Crippen LogP contribution in [-0.4, -0.2) is 24.0 Å². The van der Waals surface area contributed by atoms with E-state index in [9.17, 15) is 0 Å². The van der Waals surface area contributed by atoms with Crippen LogP contribution in [0.15, 0.2) is 24.3 Å². The number of fused-ring (bicyclic) bond motifs is 2. The van der Waals surface area contributed by atoms with Gasteiger partial charge in [0.15, 0.2) is 0 Å². The third-order valence-electron chi connectivity index (χ3n) is 4.59. The minimum Gasteiger partial charge on any atom is -0.300 e. The summed E-state index contributed by atoms with van der Waals surface area (Å²) < 4.78 is 0. The smallest absolute Gasteiger partial charge is 0.0991 e. The Morgan fingerprint density at radius 3 is 2.59 bits per heavy atom. The van der Waals surface area contributed by atoms with E-state index in [1.165, 1.54) is 31.2 Å². The normalized spacial score (nSPS) is 32.4. The van der Waals surface area contributed by atoms with Gasteiger partial charge >= 0.3 is 0 Å². The molecule has 2 fully saturated rings. The molecule has 2 aliphatic heterocycles. The monoisotopic (exact) mass is 226 g/mol. The van der Waals surface area contributed by atoms with E-state index < -0.39 is 0 Å². The molecule has 2 atom stereocenters. The van der Waals surface area contributed by atoms with E-state index >= 15 is 0 Å². The van der Waals surface area contributed by atoms with E-state index in [-0.39, 0.29) is 0 Å². The largest absolute Gasteiger partial charge is 0.300 e. The van der Waals surface area contributed by atoms with Crippen molar-refractivity contribution in [1.29, 1.82) is 5.26 Å². The van der Waals surface area contributed by atoms with Gasteiger partial charge < -0.3 is 4.90 Å². The Morgan fingerprint density at radius 2 is 1.94 bits per heavy atom. The Morgan fingerprint density at radius 1 is 1.24 bits per heavy atom. The molecule has 0 amide bonds. The highest BCUT2D eigenvalue weighted by Gasteiger charge is 2.38. The third-order valence-corrected chi connectivity index (χ3v) is 4.59. The summed E-state index contributed by atoms with van der Waals surface area (Å²) in [7, 11) is 2.27. The van der Waals surface area contributed by atoms with Gasteiger partial charge in [-0.2, -0.15) is 5.26 Å². The lowest BCUT2D eigenvalue weighted by Gasteiger charge is -2.36. The minimum absolute atomic E-state index is 0.664. The SMILES string of the molecule is CN1C2CCC1CC(c1cccc(C#N)c1)C2. The number of rotatable bonds is 1. The van der Waals surface area contributed by atoms with Crippen LogP contribution in [0.5, 0.6) is 0 Å². The maximum absolute atomic E-state index is 8.96. The summed E-state index contributed by atoms with van der Waals surface area (Å²) in [5.41, 5.74) is 2.17. The van der Waals surface area contributed by atoms with Crippen molar-refractivity contribution in [3.63, 3.8) is 0 Å². The first-order valence-corrected chi connectivity index (χ1v) is 6.50. The van der Waals surface area contributed by atoms with Gasteiger partial charge in [0.2, 0.25) is 0 Å². The second-order valence-electron chi connectivity index (χ2n) is 5.46. The average molecular weight is 226 g/mol. The molecule has 3 rings (SSSR count). The molecule has 0 N–H and O–H groups in total. The summed E-state index contributed by atoms with van der Waals surface area (Å²) in [5, 5.41) is 8.96. The van der Waals surface area contributed by atoms with Crippen molar-refractivity contribution >= 4 is 0 Å². The van der Waals surface area contributed by atoms with Crippen molar-refractivity contribution in [3.8, 4) is 6.07 Å². The third kappa shape index (κ3) is 1.85. The number of piperidine rings is 1. The standard InChI is InChI=1S/C15H18N2/c1-17-14-5-6-15(17)9-13(8-14)12-4-2-3-11(7-12)10-16/h2-4,7,13-15H,5-6,8-9H2,1H3. The van der Waals surface area contributed by atoms with Crippen LogP contribution in [0.1, 0.15) is 42.7 Å². The molecule has 88 valence electrons. The summed E-state index contributed by atoms with van der Waals surface area (Å²) in [5.74, 6) is 0.664. The Labute approximate surface area is 103 Å². The molecule has 2 aliphatic rings. The first-order valence-electron chi connectivity index (χ1n) is 6.50. The highest BCUT2D eigenvalue weighted by atomic mass is 15.2. The fraction of sp³-hybridized carbons (Fsp3) is 0.533. The first kappa shape index (κ1) is 10.8. The molecule has 2 heterocycles. The molecule has 2 nitrogen and oxygen atoms in total. The van der Waals surface area contributed by atoms with Crippen molar-refractivity contribution in [3.05, 3.63) is 35.4 Å². The highest BCUT2D eigenvalue weighted by Crippen LogP contribution is 2.42. The lowest BCUT2D eigenvalue weighted by molar-refractivity contribution is 0.161. The van der Waals surface area contributed by atoms with Gasteiger partial charge in [0.1, 0.15) is 0 Å². The predicted octanol–water partition coefficient (Wildman–Crippen LogP) is 2.90. The summed E-state index contributed by atoms with van der Waals surface area (Å²) in [6, 6.07) is 12.0. The van der Waals surface area contributed by atoms with Crippen LogP contribution in [0, 0.1) is 11.3 Å². The molecule has 0 spiro atoms. The number of nitriles is 1. The fourth-order valence-corrected chi connectivity index (χ4v) is 3.55. The van der Waals surface area contributed by atoms with Gasteiger partial charge in [0.25, 0.3) is 0 Å². The van der Waals surface area contributed by atoms with Crippen molar-refractivity contribution < 1.29 is 0 Å². The van der Waals surface area contributed by atoms with Crippen LogP contribution < -0.4 is 0 Å². The second kappa shape index (κ2) is 4.16. The zero-order valence-corrected chi connectivity index (χ0v) is 10.3. The lowest BCUT2D eigenvalue weighted by Crippen LogP contribution is -2.39. The molecule has 0 aromatic heterocycles. The quantitative estimate of drug-likeness (QED) is 0.736. The molecular formula is C15H18N2. The maximum Gasteiger partial charge on any atom is 0.0991 e. The molecule has 1 aromatic carbocycles. The van der Waals surface area contributed by atoms with Crippen molar-refractivity contribution in [2.24, 2.45) is 0 Å². The van der Waals surface area contributed by atoms with Crippen molar-refractivity contribution in [1.82, 2.24) is 4.90 Å². The van der Waals surface area contributed by atoms with Gasteiger partial charge in [-0.25, -0.2) is 0 Å². The number of hydrogen-bond donors (Lipinski definition) is 0. The van der Waals surface area contributed by atoms with E-state index in [0.29, 0.717) is 5.92 Å². The van der Waals surface area contributed by atoms with Gasteiger partial charge in [0, 0.05) is 12.1 Å². The van der Waals surface area contributed by atoms with Crippen LogP contribution >= 0.6 is 0 Å². The first-order chi connectivity index (χ1) is 8.28. The van der Waals surface area contributed by atoms with Gasteiger partial charge in [-0.05, 0) is 56.3 Å². The summed E-state index contributed by atoms with van der Waals surface area (Å²) in [6.07, 6.45) is 5.25. The predicted molar refractivity (Wildman–Crippen MR) is 67.7 cm³/mol. The Kier molecular flexibility index (Phi) is 2.64. The van der Waals surface area contributed by atoms with E-state index in [4.69, 9.17) is 5.26 Å². The highest BCUT2D eigenvalue weighted by molar-refractivity contribution is 5.35. The van der Waals surface area contributed by atoms with E-state index in [1.54, 1.807) is 0 Å². The van der Waals surface area contributed by atoms with E-state index in [2.05, 4.69) is 30.1 Å². The molecule has 2 saturated heterocycles. The Hall–Kier alpha value is -1.33. The van der Waals surface area contributed by atoms with Crippen LogP contribution in [0.4, 0.5) is 0 Å². The topological polar surface area (TPSA) is 27.0 Å². The fourth-order valence-electron chi connectivity index (χ4n) is 3.55. The van der Waals surface area contributed by atoms with Crippen LogP contribution in [-0.2, 0) is 0 Å². The Balaban J connectivity index is 1.84. The van der Waals surface area contributed by atoms with E-state index in [1.807, 2.05) is 12.1 Å². The van der Waals surface area contributed by atoms with Crippen LogP contribution in [0.3, 0.4) is 0 Å². The van der Waals surface area contributed by atoms with Crippen LogP contribution in [0.2, 0.25) is 0 Å². The maximum atomic E-state index is 8.96. The number of benzene rings is 1. The number of hydrogen-bond acceptors (Lipinski definition) is 2. The molecular weight excluding hydrogens is 208 g/mol. The molecule has 0 saturated carbocycles.